The minimum Gasteiger partial charge on any atom is -0.423 e. The van der Waals surface area contributed by atoms with Gasteiger partial charge in [0.25, 0.3) is 0 Å². The van der Waals surface area contributed by atoms with Crippen molar-refractivity contribution in [1.29, 1.82) is 0 Å². The van der Waals surface area contributed by atoms with Gasteiger partial charge in [-0.3, -0.25) is 0 Å². The van der Waals surface area contributed by atoms with Crippen LogP contribution in [0.4, 0.5) is 0 Å². The van der Waals surface area contributed by atoms with Gasteiger partial charge in [-0.1, -0.05) is 51.5 Å². The largest absolute Gasteiger partial charge is 0.491 e. The lowest BCUT2D eigenvalue weighted by molar-refractivity contribution is 0.275. The molecule has 1 aromatic rings. The lowest BCUT2D eigenvalue weighted by atomic mass is 9.79. The number of rotatable bonds is 0. The molecule has 0 spiro atoms. The van der Waals surface area contributed by atoms with Gasteiger partial charge in [0.15, 0.2) is 0 Å². The highest BCUT2D eigenvalue weighted by Gasteiger charge is 2.26. The first-order valence-electron chi connectivity index (χ1n) is 5.66. The van der Waals surface area contributed by atoms with Crippen LogP contribution in [-0.4, -0.2) is 12.1 Å². The summed E-state index contributed by atoms with van der Waals surface area (Å²) < 4.78 is 5.03. The van der Waals surface area contributed by atoms with Crippen molar-refractivity contribution in [2.45, 2.75) is 41.2 Å². The third-order valence-electron chi connectivity index (χ3n) is 1.96. The number of aryl methyl sites for hydroxylation is 1. The third-order valence-corrected chi connectivity index (χ3v) is 1.96. The maximum absolute atomic E-state index is 9.28. The van der Waals surface area contributed by atoms with E-state index in [1.54, 1.807) is 0 Å². The van der Waals surface area contributed by atoms with Gasteiger partial charge < -0.3 is 9.68 Å². The first kappa shape index (κ1) is 14.2. The van der Waals surface area contributed by atoms with Gasteiger partial charge in [-0.15, -0.1) is 0 Å². The van der Waals surface area contributed by atoms with Gasteiger partial charge in [0.1, 0.15) is 0 Å². The summed E-state index contributed by atoms with van der Waals surface area (Å²) in [4.78, 5) is 0. The summed E-state index contributed by atoms with van der Waals surface area (Å²) in [7, 11) is -0.704. The predicted molar refractivity (Wildman–Crippen MR) is 66.3 cm³/mol. The molecule has 1 heterocycles. The summed E-state index contributed by atoms with van der Waals surface area (Å²) in [5, 5.41) is 9.28. The third kappa shape index (κ3) is 3.69. The fourth-order valence-electron chi connectivity index (χ4n) is 1.33. The maximum atomic E-state index is 9.28. The molecule has 15 heavy (non-hydrogen) atoms. The van der Waals surface area contributed by atoms with Gasteiger partial charge in [0.2, 0.25) is 0 Å². The van der Waals surface area contributed by atoms with Crippen molar-refractivity contribution in [3.8, 4) is 0 Å². The van der Waals surface area contributed by atoms with Crippen LogP contribution in [0.1, 0.15) is 38.8 Å². The van der Waals surface area contributed by atoms with E-state index in [1.807, 2.05) is 52.8 Å². The molecule has 0 unspecified atom stereocenters. The highest BCUT2D eigenvalue weighted by Crippen LogP contribution is 2.10. The zero-order chi connectivity index (χ0) is 11.8. The van der Waals surface area contributed by atoms with Crippen molar-refractivity contribution >= 4 is 12.6 Å². The Bertz CT molecular complexity index is 287. The Morgan fingerprint density at radius 2 is 1.80 bits per heavy atom. The van der Waals surface area contributed by atoms with Gasteiger partial charge >= 0.3 is 7.12 Å². The summed E-state index contributed by atoms with van der Waals surface area (Å²) >= 11 is 0. The van der Waals surface area contributed by atoms with Gasteiger partial charge in [-0.2, -0.15) is 0 Å². The van der Waals surface area contributed by atoms with E-state index in [2.05, 4.69) is 0 Å². The van der Waals surface area contributed by atoms with Crippen LogP contribution in [0.25, 0.3) is 0 Å². The average Bonchev–Trinajstić information content (AvgIpc) is 2.66. The van der Waals surface area contributed by atoms with E-state index >= 15 is 0 Å². The SMILES string of the molecule is CC.CC.Cc1ccc2c(c1)B(O)OC2. The zero-order valence-corrected chi connectivity index (χ0v) is 10.4. The summed E-state index contributed by atoms with van der Waals surface area (Å²) in [6, 6.07) is 5.99. The molecule has 84 valence electrons. The number of benzene rings is 1. The van der Waals surface area contributed by atoms with Crippen LogP contribution in [0.2, 0.25) is 0 Å². The first-order chi connectivity index (χ1) is 7.27. The van der Waals surface area contributed by atoms with Crippen molar-refractivity contribution in [2.75, 3.05) is 0 Å². The average molecular weight is 208 g/mol. The van der Waals surface area contributed by atoms with Gasteiger partial charge in [-0.05, 0) is 17.9 Å². The molecular formula is C12H21BO2. The van der Waals surface area contributed by atoms with Crippen molar-refractivity contribution < 1.29 is 9.68 Å². The van der Waals surface area contributed by atoms with Crippen LogP contribution in [0, 0.1) is 6.92 Å². The summed E-state index contributed by atoms with van der Waals surface area (Å²) in [5.41, 5.74) is 3.18. The number of hydrogen-bond donors (Lipinski definition) is 1. The van der Waals surface area contributed by atoms with E-state index < -0.39 is 7.12 Å². The fraction of sp³-hybridized carbons (Fsp3) is 0.500. The van der Waals surface area contributed by atoms with E-state index in [4.69, 9.17) is 4.65 Å². The minimum absolute atomic E-state index is 0.538. The molecule has 1 aliphatic heterocycles. The second kappa shape index (κ2) is 7.49. The molecule has 2 rings (SSSR count). The predicted octanol–water partition coefficient (Wildman–Crippen LogP) is 2.27. The van der Waals surface area contributed by atoms with Crippen LogP contribution < -0.4 is 5.46 Å². The molecule has 0 saturated carbocycles. The van der Waals surface area contributed by atoms with Crippen LogP contribution in [0.15, 0.2) is 18.2 Å². The highest BCUT2D eigenvalue weighted by molar-refractivity contribution is 6.61. The lowest BCUT2D eigenvalue weighted by Crippen LogP contribution is -2.28. The molecule has 1 N–H and O–H groups in total. The molecule has 0 radical (unpaired) electrons. The highest BCUT2D eigenvalue weighted by atomic mass is 16.5. The molecule has 2 nitrogen and oxygen atoms in total. The van der Waals surface area contributed by atoms with Crippen LogP contribution in [0.3, 0.4) is 0 Å². The van der Waals surface area contributed by atoms with Crippen molar-refractivity contribution in [1.82, 2.24) is 0 Å². The van der Waals surface area contributed by atoms with E-state index in [0.29, 0.717) is 6.61 Å². The van der Waals surface area contributed by atoms with Gasteiger partial charge in [-0.25, -0.2) is 0 Å². The molecule has 0 aromatic heterocycles. The summed E-state index contributed by atoms with van der Waals surface area (Å²) in [6.45, 7) is 10.5. The van der Waals surface area contributed by atoms with Crippen molar-refractivity contribution in [3.63, 3.8) is 0 Å². The Morgan fingerprint density at radius 3 is 2.40 bits per heavy atom. The minimum atomic E-state index is -0.704. The Kier molecular flexibility index (Phi) is 7.09. The van der Waals surface area contributed by atoms with E-state index in [9.17, 15) is 5.02 Å². The second-order valence-electron chi connectivity index (χ2n) is 2.87. The maximum Gasteiger partial charge on any atom is 0.491 e. The van der Waals surface area contributed by atoms with E-state index in [0.717, 1.165) is 16.6 Å². The Morgan fingerprint density at radius 1 is 1.20 bits per heavy atom. The van der Waals surface area contributed by atoms with Gasteiger partial charge in [0, 0.05) is 0 Å². The Hall–Kier alpha value is -0.795. The number of fused-ring (bicyclic) bond motifs is 1. The van der Waals surface area contributed by atoms with E-state index in [1.165, 1.54) is 0 Å². The van der Waals surface area contributed by atoms with Crippen LogP contribution in [-0.2, 0) is 11.3 Å². The van der Waals surface area contributed by atoms with Gasteiger partial charge in [0.05, 0.1) is 6.61 Å². The fourth-order valence-corrected chi connectivity index (χ4v) is 1.33. The standard InChI is InChI=1S/C8H9BO2.2C2H6/c1-6-2-3-7-5-11-9(10)8(7)4-6;2*1-2/h2-4,10H,5H2,1H3;2*1-2H3. The summed E-state index contributed by atoms with van der Waals surface area (Å²) in [6.07, 6.45) is 0. The Labute approximate surface area is 93.4 Å². The molecule has 1 aromatic carbocycles. The Balaban J connectivity index is 0.000000442. The first-order valence-corrected chi connectivity index (χ1v) is 5.66. The molecular weight excluding hydrogens is 187 g/mol. The second-order valence-corrected chi connectivity index (χ2v) is 2.87. The van der Waals surface area contributed by atoms with Crippen LogP contribution >= 0.6 is 0 Å². The van der Waals surface area contributed by atoms with E-state index in [-0.39, 0.29) is 0 Å². The molecule has 0 bridgehead atoms. The number of hydrogen-bond acceptors (Lipinski definition) is 2. The van der Waals surface area contributed by atoms with Crippen molar-refractivity contribution in [2.24, 2.45) is 0 Å². The topological polar surface area (TPSA) is 29.5 Å². The molecule has 0 aliphatic carbocycles. The lowest BCUT2D eigenvalue weighted by Gasteiger charge is -1.98. The monoisotopic (exact) mass is 208 g/mol. The molecule has 0 atom stereocenters. The smallest absolute Gasteiger partial charge is 0.423 e. The summed E-state index contributed by atoms with van der Waals surface area (Å²) in [5.74, 6) is 0. The van der Waals surface area contributed by atoms with Crippen molar-refractivity contribution in [3.05, 3.63) is 29.3 Å². The zero-order valence-electron chi connectivity index (χ0n) is 10.4. The van der Waals surface area contributed by atoms with Crippen LogP contribution in [0.5, 0.6) is 0 Å². The quantitative estimate of drug-likeness (QED) is 0.662. The molecule has 3 heteroatoms. The normalized spacial score (nSPS) is 12.0. The molecule has 0 saturated heterocycles. The molecule has 1 aliphatic rings. The molecule has 0 amide bonds. The molecule has 0 fully saturated rings.